The Labute approximate surface area is 108 Å². The van der Waals surface area contributed by atoms with E-state index >= 15 is 0 Å². The highest BCUT2D eigenvalue weighted by Crippen LogP contribution is 2.37. The van der Waals surface area contributed by atoms with Gasteiger partial charge in [0.1, 0.15) is 5.82 Å². The van der Waals surface area contributed by atoms with Crippen molar-refractivity contribution in [2.24, 2.45) is 5.92 Å². The lowest BCUT2D eigenvalue weighted by Gasteiger charge is -2.31. The molecule has 2 unspecified atom stereocenters. The number of rotatable bonds is 2. The largest absolute Gasteiger partial charge is 0.373 e. The topological polar surface area (TPSA) is 9.23 Å². The third kappa shape index (κ3) is 2.58. The highest BCUT2D eigenvalue weighted by molar-refractivity contribution is 9.10. The summed E-state index contributed by atoms with van der Waals surface area (Å²) in [5.41, 5.74) is 0.992. The second kappa shape index (κ2) is 5.48. The van der Waals surface area contributed by atoms with Crippen molar-refractivity contribution in [3.63, 3.8) is 0 Å². The van der Waals surface area contributed by atoms with Crippen LogP contribution in [0.1, 0.15) is 24.5 Å². The van der Waals surface area contributed by atoms with Gasteiger partial charge in [0, 0.05) is 22.9 Å². The van der Waals surface area contributed by atoms with Crippen molar-refractivity contribution in [1.29, 1.82) is 0 Å². The zero-order valence-corrected chi connectivity index (χ0v) is 11.1. The zero-order valence-electron chi connectivity index (χ0n) is 8.76. The molecule has 1 aromatic rings. The highest BCUT2D eigenvalue weighted by atomic mass is 79.9. The van der Waals surface area contributed by atoms with Gasteiger partial charge in [0.15, 0.2) is 0 Å². The van der Waals surface area contributed by atoms with Crippen LogP contribution in [0.4, 0.5) is 4.39 Å². The van der Waals surface area contributed by atoms with Crippen LogP contribution in [-0.2, 0) is 4.74 Å². The Hall–Kier alpha value is -0.120. The van der Waals surface area contributed by atoms with Crippen molar-refractivity contribution in [3.8, 4) is 0 Å². The Bertz CT molecular complexity index is 372. The molecule has 0 aliphatic carbocycles. The van der Waals surface area contributed by atoms with E-state index in [-0.39, 0.29) is 11.9 Å². The van der Waals surface area contributed by atoms with Crippen LogP contribution in [0.15, 0.2) is 22.7 Å². The number of ether oxygens (including phenoxy) is 1. The van der Waals surface area contributed by atoms with Crippen molar-refractivity contribution < 1.29 is 9.13 Å². The van der Waals surface area contributed by atoms with Gasteiger partial charge in [-0.2, -0.15) is 0 Å². The summed E-state index contributed by atoms with van der Waals surface area (Å²) in [4.78, 5) is 0. The molecule has 2 rings (SSSR count). The Morgan fingerprint density at radius 2 is 2.31 bits per heavy atom. The summed E-state index contributed by atoms with van der Waals surface area (Å²) in [5.74, 6) is 0.653. The van der Waals surface area contributed by atoms with E-state index in [4.69, 9.17) is 16.3 Å². The molecule has 1 aromatic carbocycles. The van der Waals surface area contributed by atoms with Gasteiger partial charge in [0.25, 0.3) is 0 Å². The second-order valence-corrected chi connectivity index (χ2v) is 5.18. The Balaban J connectivity index is 2.27. The van der Waals surface area contributed by atoms with E-state index in [1.807, 2.05) is 0 Å². The van der Waals surface area contributed by atoms with E-state index in [1.165, 1.54) is 12.1 Å². The van der Waals surface area contributed by atoms with Gasteiger partial charge >= 0.3 is 0 Å². The molecular weight excluding hydrogens is 294 g/mol. The molecule has 1 fully saturated rings. The van der Waals surface area contributed by atoms with Crippen molar-refractivity contribution in [2.45, 2.75) is 18.9 Å². The molecule has 1 aliphatic heterocycles. The van der Waals surface area contributed by atoms with Crippen LogP contribution in [0.25, 0.3) is 0 Å². The van der Waals surface area contributed by atoms with Gasteiger partial charge in [0.05, 0.1) is 6.10 Å². The van der Waals surface area contributed by atoms with Crippen LogP contribution < -0.4 is 0 Å². The van der Waals surface area contributed by atoms with Gasteiger partial charge in [-0.25, -0.2) is 4.39 Å². The van der Waals surface area contributed by atoms with E-state index in [2.05, 4.69) is 15.9 Å². The standard InChI is InChI=1S/C12H13BrClFO/c13-11-6-9(15)3-4-10(11)12-8(7-14)2-1-5-16-12/h3-4,6,8,12H,1-2,5,7H2. The minimum Gasteiger partial charge on any atom is -0.373 e. The smallest absolute Gasteiger partial charge is 0.124 e. The van der Waals surface area contributed by atoms with Gasteiger partial charge in [-0.3, -0.25) is 0 Å². The monoisotopic (exact) mass is 306 g/mol. The fourth-order valence-corrected chi connectivity index (χ4v) is 2.97. The first-order valence-electron chi connectivity index (χ1n) is 5.35. The molecule has 1 saturated heterocycles. The average Bonchev–Trinajstić information content (AvgIpc) is 2.29. The van der Waals surface area contributed by atoms with E-state index < -0.39 is 0 Å². The molecule has 0 saturated carbocycles. The fourth-order valence-electron chi connectivity index (χ4n) is 2.08. The summed E-state index contributed by atoms with van der Waals surface area (Å²) in [5, 5.41) is 0. The molecule has 88 valence electrons. The quantitative estimate of drug-likeness (QED) is 0.740. The SMILES string of the molecule is Fc1ccc(C2OCCCC2CCl)c(Br)c1. The third-order valence-corrected chi connectivity index (χ3v) is 4.00. The lowest BCUT2D eigenvalue weighted by Crippen LogP contribution is -2.24. The molecule has 1 aliphatic rings. The number of benzene rings is 1. The number of alkyl halides is 1. The molecular formula is C12H13BrClFO. The van der Waals surface area contributed by atoms with E-state index in [9.17, 15) is 4.39 Å². The van der Waals surface area contributed by atoms with Crippen LogP contribution in [0.3, 0.4) is 0 Å². The molecule has 0 N–H and O–H groups in total. The van der Waals surface area contributed by atoms with Crippen molar-refractivity contribution in [1.82, 2.24) is 0 Å². The summed E-state index contributed by atoms with van der Waals surface area (Å²) < 4.78 is 19.5. The molecule has 16 heavy (non-hydrogen) atoms. The summed E-state index contributed by atoms with van der Waals surface area (Å²) in [6, 6.07) is 4.71. The maximum atomic E-state index is 13.0. The number of halogens is 3. The normalized spacial score (nSPS) is 25.7. The lowest BCUT2D eigenvalue weighted by atomic mass is 9.91. The van der Waals surface area contributed by atoms with Crippen LogP contribution >= 0.6 is 27.5 Å². The average molecular weight is 308 g/mol. The van der Waals surface area contributed by atoms with Crippen LogP contribution in [0.5, 0.6) is 0 Å². The maximum absolute atomic E-state index is 13.0. The first-order chi connectivity index (χ1) is 7.72. The summed E-state index contributed by atoms with van der Waals surface area (Å²) in [6.45, 7) is 0.752. The van der Waals surface area contributed by atoms with Gasteiger partial charge in [0.2, 0.25) is 0 Å². The molecule has 0 aromatic heterocycles. The predicted octanol–water partition coefficient (Wildman–Crippen LogP) is 4.29. The lowest BCUT2D eigenvalue weighted by molar-refractivity contribution is -0.0212. The van der Waals surface area contributed by atoms with Crippen LogP contribution in [-0.4, -0.2) is 12.5 Å². The molecule has 0 bridgehead atoms. The van der Waals surface area contributed by atoms with E-state index in [1.54, 1.807) is 6.07 Å². The van der Waals surface area contributed by atoms with Gasteiger partial charge < -0.3 is 4.74 Å². The molecule has 2 atom stereocenters. The predicted molar refractivity (Wildman–Crippen MR) is 66.2 cm³/mol. The minimum absolute atomic E-state index is 0.0128. The Morgan fingerprint density at radius 1 is 1.50 bits per heavy atom. The second-order valence-electron chi connectivity index (χ2n) is 4.01. The van der Waals surface area contributed by atoms with E-state index in [0.717, 1.165) is 29.5 Å². The molecule has 1 nitrogen and oxygen atoms in total. The zero-order chi connectivity index (χ0) is 11.5. The summed E-state index contributed by atoms with van der Waals surface area (Å²) in [7, 11) is 0. The van der Waals surface area contributed by atoms with Gasteiger partial charge in [-0.15, -0.1) is 11.6 Å². The first kappa shape index (κ1) is 12.3. The summed E-state index contributed by atoms with van der Waals surface area (Å²) in [6.07, 6.45) is 2.10. The van der Waals surface area contributed by atoms with Crippen molar-refractivity contribution in [3.05, 3.63) is 34.1 Å². The number of hydrogen-bond donors (Lipinski definition) is 0. The Kier molecular flexibility index (Phi) is 4.22. The van der Waals surface area contributed by atoms with Crippen LogP contribution in [0, 0.1) is 11.7 Å². The molecule has 0 radical (unpaired) electrons. The van der Waals surface area contributed by atoms with Crippen molar-refractivity contribution in [2.75, 3.05) is 12.5 Å². The van der Waals surface area contributed by atoms with Crippen molar-refractivity contribution >= 4 is 27.5 Å². The first-order valence-corrected chi connectivity index (χ1v) is 6.67. The van der Waals surface area contributed by atoms with Crippen LogP contribution in [0.2, 0.25) is 0 Å². The highest BCUT2D eigenvalue weighted by Gasteiger charge is 2.28. The molecule has 0 spiro atoms. The molecule has 4 heteroatoms. The summed E-state index contributed by atoms with van der Waals surface area (Å²) >= 11 is 9.32. The number of hydrogen-bond acceptors (Lipinski definition) is 1. The van der Waals surface area contributed by atoms with Gasteiger partial charge in [-0.05, 0) is 30.5 Å². The maximum Gasteiger partial charge on any atom is 0.124 e. The fraction of sp³-hybridized carbons (Fsp3) is 0.500. The van der Waals surface area contributed by atoms with Gasteiger partial charge in [-0.1, -0.05) is 22.0 Å². The third-order valence-electron chi connectivity index (χ3n) is 2.91. The Morgan fingerprint density at radius 3 is 3.00 bits per heavy atom. The molecule has 1 heterocycles. The molecule has 0 amide bonds. The minimum atomic E-state index is -0.242. The van der Waals surface area contributed by atoms with E-state index in [0.29, 0.717) is 11.8 Å².